The molecule has 0 radical (unpaired) electrons. The number of hydrogen-bond donors (Lipinski definition) is 0. The van der Waals surface area contributed by atoms with Gasteiger partial charge in [0.05, 0.1) is 14.2 Å². The molecular formula is C23H27NO6. The summed E-state index contributed by atoms with van der Waals surface area (Å²) in [5.41, 5.74) is 4.17. The Morgan fingerprint density at radius 3 is 2.37 bits per heavy atom. The molecule has 0 atom stereocenters. The smallest absolute Gasteiger partial charge is 0.344 e. The Kier molecular flexibility index (Phi) is 6.82. The molecule has 7 heteroatoms. The van der Waals surface area contributed by atoms with Crippen LogP contribution in [0.15, 0.2) is 30.3 Å². The fourth-order valence-electron chi connectivity index (χ4n) is 3.39. The van der Waals surface area contributed by atoms with Gasteiger partial charge in [0.2, 0.25) is 0 Å². The van der Waals surface area contributed by atoms with Crippen molar-refractivity contribution in [2.75, 3.05) is 34.0 Å². The van der Waals surface area contributed by atoms with Gasteiger partial charge >= 0.3 is 5.97 Å². The first-order valence-electron chi connectivity index (χ1n) is 9.79. The summed E-state index contributed by atoms with van der Waals surface area (Å²) in [4.78, 5) is 26.2. The summed E-state index contributed by atoms with van der Waals surface area (Å²) >= 11 is 0. The van der Waals surface area contributed by atoms with Gasteiger partial charge in [-0.25, -0.2) is 4.79 Å². The van der Waals surface area contributed by atoms with E-state index < -0.39 is 5.97 Å². The largest absolute Gasteiger partial charge is 0.493 e. The molecule has 0 bridgehead atoms. The van der Waals surface area contributed by atoms with Gasteiger partial charge in [-0.05, 0) is 60.7 Å². The van der Waals surface area contributed by atoms with Gasteiger partial charge in [-0.2, -0.15) is 0 Å². The second-order valence-electron chi connectivity index (χ2n) is 7.19. The highest BCUT2D eigenvalue weighted by Gasteiger charge is 2.23. The van der Waals surface area contributed by atoms with Crippen molar-refractivity contribution in [3.8, 4) is 17.2 Å². The van der Waals surface area contributed by atoms with Crippen LogP contribution in [-0.4, -0.2) is 50.8 Å². The van der Waals surface area contributed by atoms with Gasteiger partial charge in [-0.15, -0.1) is 0 Å². The summed E-state index contributed by atoms with van der Waals surface area (Å²) in [6.45, 7) is 4.35. The van der Waals surface area contributed by atoms with Crippen LogP contribution in [-0.2, 0) is 27.3 Å². The molecule has 0 N–H and O–H groups in total. The lowest BCUT2D eigenvalue weighted by Gasteiger charge is -2.29. The van der Waals surface area contributed by atoms with Gasteiger partial charge < -0.3 is 23.8 Å². The standard InChI is InChI=1S/C23H27NO6/c1-15-6-5-7-19(16(15)2)29-14-23(26)30-13-22(25)24-9-8-17-10-20(27-3)21(28-4)11-18(17)12-24/h5-7,10-11H,8-9,12-14H2,1-4H3. The lowest BCUT2D eigenvalue weighted by atomic mass is 9.99. The van der Waals surface area contributed by atoms with Crippen LogP contribution >= 0.6 is 0 Å². The summed E-state index contributed by atoms with van der Waals surface area (Å²) in [5.74, 6) is 1.12. The maximum Gasteiger partial charge on any atom is 0.344 e. The molecule has 1 amide bonds. The van der Waals surface area contributed by atoms with Crippen LogP contribution in [0.1, 0.15) is 22.3 Å². The number of ether oxygens (including phenoxy) is 4. The maximum absolute atomic E-state index is 12.5. The first-order chi connectivity index (χ1) is 14.4. The molecule has 30 heavy (non-hydrogen) atoms. The Morgan fingerprint density at radius 2 is 1.67 bits per heavy atom. The Balaban J connectivity index is 1.52. The average Bonchev–Trinajstić information content (AvgIpc) is 2.76. The lowest BCUT2D eigenvalue weighted by molar-refractivity contribution is -0.154. The summed E-state index contributed by atoms with van der Waals surface area (Å²) in [6.07, 6.45) is 0.700. The molecule has 1 heterocycles. The molecule has 3 rings (SSSR count). The molecule has 160 valence electrons. The molecule has 0 aliphatic carbocycles. The van der Waals surface area contributed by atoms with Crippen LogP contribution in [0.3, 0.4) is 0 Å². The van der Waals surface area contributed by atoms with E-state index in [1.165, 1.54) is 0 Å². The minimum absolute atomic E-state index is 0.239. The average molecular weight is 413 g/mol. The molecule has 2 aromatic rings. The van der Waals surface area contributed by atoms with Gasteiger partial charge in [0.25, 0.3) is 5.91 Å². The predicted octanol–water partition coefficient (Wildman–Crippen LogP) is 2.83. The lowest BCUT2D eigenvalue weighted by Crippen LogP contribution is -2.39. The third-order valence-electron chi connectivity index (χ3n) is 5.33. The molecular weight excluding hydrogens is 386 g/mol. The molecule has 0 saturated carbocycles. The number of methoxy groups -OCH3 is 2. The Bertz CT molecular complexity index is 940. The molecule has 0 unspecified atom stereocenters. The maximum atomic E-state index is 12.5. The van der Waals surface area contributed by atoms with Crippen LogP contribution in [0.25, 0.3) is 0 Å². The number of carbonyl (C=O) groups excluding carboxylic acids is 2. The van der Waals surface area contributed by atoms with Crippen molar-refractivity contribution in [2.45, 2.75) is 26.8 Å². The van der Waals surface area contributed by atoms with Gasteiger partial charge in [0.1, 0.15) is 5.75 Å². The van der Waals surface area contributed by atoms with E-state index in [2.05, 4.69) is 0 Å². The van der Waals surface area contributed by atoms with E-state index in [1.54, 1.807) is 25.2 Å². The minimum atomic E-state index is -0.576. The molecule has 0 saturated heterocycles. The SMILES string of the molecule is COc1cc2c(cc1OC)CN(C(=O)COC(=O)COc1cccc(C)c1C)CC2. The van der Waals surface area contributed by atoms with E-state index >= 15 is 0 Å². The van der Waals surface area contributed by atoms with Crippen LogP contribution in [0.4, 0.5) is 0 Å². The van der Waals surface area contributed by atoms with Crippen LogP contribution < -0.4 is 14.2 Å². The summed E-state index contributed by atoms with van der Waals surface area (Å²) < 4.78 is 21.3. The number of aryl methyl sites for hydroxylation is 1. The summed E-state index contributed by atoms with van der Waals surface area (Å²) in [7, 11) is 3.18. The van der Waals surface area contributed by atoms with E-state index in [4.69, 9.17) is 18.9 Å². The molecule has 0 fully saturated rings. The minimum Gasteiger partial charge on any atom is -0.493 e. The molecule has 7 nitrogen and oxygen atoms in total. The zero-order chi connectivity index (χ0) is 21.7. The highest BCUT2D eigenvalue weighted by molar-refractivity contribution is 5.81. The van der Waals surface area contributed by atoms with Gasteiger partial charge in [0.15, 0.2) is 24.7 Å². The van der Waals surface area contributed by atoms with Crippen LogP contribution in [0.5, 0.6) is 17.2 Å². The zero-order valence-corrected chi connectivity index (χ0v) is 17.8. The van der Waals surface area contributed by atoms with Crippen LogP contribution in [0, 0.1) is 13.8 Å². The third-order valence-corrected chi connectivity index (χ3v) is 5.33. The quantitative estimate of drug-likeness (QED) is 0.650. The fourth-order valence-corrected chi connectivity index (χ4v) is 3.39. The van der Waals surface area contributed by atoms with Crippen molar-refractivity contribution in [1.82, 2.24) is 4.90 Å². The number of esters is 1. The van der Waals surface area contributed by atoms with Crippen molar-refractivity contribution in [2.24, 2.45) is 0 Å². The van der Waals surface area contributed by atoms with E-state index in [0.717, 1.165) is 22.3 Å². The van der Waals surface area contributed by atoms with Crippen molar-refractivity contribution < 1.29 is 28.5 Å². The van der Waals surface area contributed by atoms with Gasteiger partial charge in [-0.1, -0.05) is 12.1 Å². The second-order valence-corrected chi connectivity index (χ2v) is 7.19. The summed E-state index contributed by atoms with van der Waals surface area (Å²) in [6, 6.07) is 9.47. The van der Waals surface area contributed by atoms with Crippen molar-refractivity contribution in [3.63, 3.8) is 0 Å². The van der Waals surface area contributed by atoms with E-state index in [0.29, 0.717) is 36.8 Å². The van der Waals surface area contributed by atoms with Gasteiger partial charge in [0, 0.05) is 13.1 Å². The Labute approximate surface area is 176 Å². The molecule has 2 aromatic carbocycles. The topological polar surface area (TPSA) is 74.3 Å². The highest BCUT2D eigenvalue weighted by Crippen LogP contribution is 2.33. The normalized spacial score (nSPS) is 12.7. The molecule has 1 aliphatic rings. The Morgan fingerprint density at radius 1 is 0.967 bits per heavy atom. The van der Waals surface area contributed by atoms with Gasteiger partial charge in [-0.3, -0.25) is 4.79 Å². The molecule has 1 aliphatic heterocycles. The number of amides is 1. The first-order valence-corrected chi connectivity index (χ1v) is 9.79. The molecule has 0 aromatic heterocycles. The number of hydrogen-bond acceptors (Lipinski definition) is 6. The zero-order valence-electron chi connectivity index (χ0n) is 17.8. The van der Waals surface area contributed by atoms with Crippen molar-refractivity contribution >= 4 is 11.9 Å². The van der Waals surface area contributed by atoms with Crippen molar-refractivity contribution in [3.05, 3.63) is 52.6 Å². The first kappa shape index (κ1) is 21.5. The number of carbonyl (C=O) groups is 2. The van der Waals surface area contributed by atoms with Crippen molar-refractivity contribution in [1.29, 1.82) is 0 Å². The van der Waals surface area contributed by atoms with E-state index in [1.807, 2.05) is 38.1 Å². The third kappa shape index (κ3) is 4.84. The van der Waals surface area contributed by atoms with Crippen LogP contribution in [0.2, 0.25) is 0 Å². The summed E-state index contributed by atoms with van der Waals surface area (Å²) in [5, 5.41) is 0. The number of nitrogens with zero attached hydrogens (tertiary/aromatic N) is 1. The monoisotopic (exact) mass is 413 g/mol. The van der Waals surface area contributed by atoms with E-state index in [9.17, 15) is 9.59 Å². The second kappa shape index (κ2) is 9.52. The Hall–Kier alpha value is -3.22. The fraction of sp³-hybridized carbons (Fsp3) is 0.391. The number of fused-ring (bicyclic) bond motifs is 1. The molecule has 0 spiro atoms. The predicted molar refractivity (Wildman–Crippen MR) is 111 cm³/mol. The number of rotatable bonds is 7. The highest BCUT2D eigenvalue weighted by atomic mass is 16.6. The number of benzene rings is 2. The van der Waals surface area contributed by atoms with E-state index in [-0.39, 0.29) is 19.1 Å².